The van der Waals surface area contributed by atoms with Gasteiger partial charge in [-0.2, -0.15) is 0 Å². The van der Waals surface area contributed by atoms with E-state index in [9.17, 15) is 0 Å². The van der Waals surface area contributed by atoms with Gasteiger partial charge >= 0.3 is 0 Å². The third-order valence-electron chi connectivity index (χ3n) is 3.63. The van der Waals surface area contributed by atoms with Crippen LogP contribution in [0.4, 0.5) is 0 Å². The molecule has 0 bridgehead atoms. The van der Waals surface area contributed by atoms with E-state index in [0.29, 0.717) is 6.04 Å². The minimum absolute atomic E-state index is 0.166. The molecule has 0 radical (unpaired) electrons. The van der Waals surface area contributed by atoms with Crippen molar-refractivity contribution >= 4 is 11.6 Å². The molecule has 0 saturated heterocycles. The van der Waals surface area contributed by atoms with Crippen molar-refractivity contribution in [2.24, 2.45) is 5.73 Å². The van der Waals surface area contributed by atoms with Crippen molar-refractivity contribution in [1.29, 1.82) is 0 Å². The molecular formula is C14H21ClN2. The van der Waals surface area contributed by atoms with E-state index in [4.69, 9.17) is 17.3 Å². The Kier molecular flexibility index (Phi) is 4.08. The number of benzene rings is 1. The molecule has 1 saturated carbocycles. The molecule has 0 heterocycles. The van der Waals surface area contributed by atoms with Crippen LogP contribution >= 0.6 is 11.6 Å². The van der Waals surface area contributed by atoms with Gasteiger partial charge in [-0.1, -0.05) is 30.7 Å². The molecule has 2 unspecified atom stereocenters. The maximum absolute atomic E-state index is 6.28. The Morgan fingerprint density at radius 3 is 2.71 bits per heavy atom. The van der Waals surface area contributed by atoms with E-state index >= 15 is 0 Å². The second-order valence-corrected chi connectivity index (χ2v) is 5.41. The van der Waals surface area contributed by atoms with Crippen LogP contribution in [-0.2, 0) is 0 Å². The van der Waals surface area contributed by atoms with Crippen LogP contribution in [0.15, 0.2) is 24.3 Å². The summed E-state index contributed by atoms with van der Waals surface area (Å²) in [6.45, 7) is 2.14. The third-order valence-corrected chi connectivity index (χ3v) is 3.86. The topological polar surface area (TPSA) is 29.3 Å². The highest BCUT2D eigenvalue weighted by molar-refractivity contribution is 6.30. The van der Waals surface area contributed by atoms with Crippen LogP contribution in [0.1, 0.15) is 37.8 Å². The summed E-state index contributed by atoms with van der Waals surface area (Å²) in [5, 5.41) is 0.792. The van der Waals surface area contributed by atoms with Crippen molar-refractivity contribution in [2.45, 2.75) is 44.3 Å². The highest BCUT2D eigenvalue weighted by atomic mass is 35.5. The molecule has 2 N–H and O–H groups in total. The van der Waals surface area contributed by atoms with Gasteiger partial charge in [0.05, 0.1) is 0 Å². The van der Waals surface area contributed by atoms with Gasteiger partial charge < -0.3 is 5.73 Å². The van der Waals surface area contributed by atoms with Gasteiger partial charge in [0.25, 0.3) is 0 Å². The summed E-state index contributed by atoms with van der Waals surface area (Å²) in [6.07, 6.45) is 3.57. The van der Waals surface area contributed by atoms with E-state index in [1.165, 1.54) is 18.4 Å². The molecule has 1 aromatic rings. The van der Waals surface area contributed by atoms with Gasteiger partial charge in [0.15, 0.2) is 0 Å². The highest BCUT2D eigenvalue weighted by Crippen LogP contribution is 2.35. The highest BCUT2D eigenvalue weighted by Gasteiger charge is 2.34. The molecule has 0 amide bonds. The molecule has 1 aromatic carbocycles. The first-order valence-electron chi connectivity index (χ1n) is 6.36. The van der Waals surface area contributed by atoms with E-state index < -0.39 is 0 Å². The first-order valence-corrected chi connectivity index (χ1v) is 6.74. The van der Waals surface area contributed by atoms with Crippen molar-refractivity contribution in [3.8, 4) is 0 Å². The van der Waals surface area contributed by atoms with Crippen LogP contribution in [0, 0.1) is 0 Å². The zero-order valence-corrected chi connectivity index (χ0v) is 11.3. The molecule has 0 spiro atoms. The van der Waals surface area contributed by atoms with Gasteiger partial charge in [-0.3, -0.25) is 4.90 Å². The van der Waals surface area contributed by atoms with Crippen molar-refractivity contribution in [3.63, 3.8) is 0 Å². The molecule has 2 nitrogen and oxygen atoms in total. The summed E-state index contributed by atoms with van der Waals surface area (Å²) in [5.74, 6) is 0. The lowest BCUT2D eigenvalue weighted by atomic mass is 9.96. The first kappa shape index (κ1) is 12.9. The lowest BCUT2D eigenvalue weighted by Crippen LogP contribution is -2.39. The maximum Gasteiger partial charge on any atom is 0.0499 e. The van der Waals surface area contributed by atoms with Gasteiger partial charge in [-0.05, 0) is 44.0 Å². The second kappa shape index (κ2) is 5.38. The molecular weight excluding hydrogens is 232 g/mol. The number of nitrogens with two attached hydrogens (primary N) is 1. The van der Waals surface area contributed by atoms with Gasteiger partial charge in [-0.15, -0.1) is 0 Å². The summed E-state index contributed by atoms with van der Waals surface area (Å²) in [5.41, 5.74) is 7.52. The smallest absolute Gasteiger partial charge is 0.0499 e. The van der Waals surface area contributed by atoms with Crippen molar-refractivity contribution < 1.29 is 0 Å². The average molecular weight is 253 g/mol. The van der Waals surface area contributed by atoms with Gasteiger partial charge in [0, 0.05) is 23.1 Å². The van der Waals surface area contributed by atoms with Crippen LogP contribution in [0.3, 0.4) is 0 Å². The third kappa shape index (κ3) is 3.01. The van der Waals surface area contributed by atoms with Gasteiger partial charge in [-0.25, -0.2) is 0 Å². The summed E-state index contributed by atoms with van der Waals surface area (Å²) in [6, 6.07) is 9.25. The molecule has 2 atom stereocenters. The zero-order chi connectivity index (χ0) is 12.4. The molecule has 0 aliphatic heterocycles. The molecule has 1 aliphatic rings. The largest absolute Gasteiger partial charge is 0.326 e. The normalized spacial score (nSPS) is 19.4. The van der Waals surface area contributed by atoms with Crippen LogP contribution in [0.25, 0.3) is 0 Å². The Balaban J connectivity index is 2.25. The van der Waals surface area contributed by atoms with Crippen molar-refractivity contribution in [1.82, 2.24) is 4.90 Å². The average Bonchev–Trinajstić information content (AvgIpc) is 3.13. The van der Waals surface area contributed by atoms with E-state index in [0.717, 1.165) is 11.4 Å². The number of nitrogens with zero attached hydrogens (tertiary/aromatic N) is 1. The first-order chi connectivity index (χ1) is 8.13. The molecule has 1 fully saturated rings. The standard InChI is InChI=1S/C14H21ClN2/c1-3-13(16)14(17(2)12-7-8-12)10-5-4-6-11(15)9-10/h4-6,9,12-14H,3,7-8,16H2,1-2H3. The summed E-state index contributed by atoms with van der Waals surface area (Å²) < 4.78 is 0. The lowest BCUT2D eigenvalue weighted by molar-refractivity contribution is 0.200. The zero-order valence-electron chi connectivity index (χ0n) is 10.6. The summed E-state index contributed by atoms with van der Waals surface area (Å²) >= 11 is 6.08. The molecule has 0 aromatic heterocycles. The molecule has 2 rings (SSSR count). The fourth-order valence-corrected chi connectivity index (χ4v) is 2.61. The molecule has 17 heavy (non-hydrogen) atoms. The Morgan fingerprint density at radius 1 is 1.47 bits per heavy atom. The quantitative estimate of drug-likeness (QED) is 0.872. The number of hydrogen-bond acceptors (Lipinski definition) is 2. The predicted octanol–water partition coefficient (Wildman–Crippen LogP) is 3.21. The minimum atomic E-state index is 0.166. The fourth-order valence-electron chi connectivity index (χ4n) is 2.41. The van der Waals surface area contributed by atoms with Gasteiger partial charge in [0.1, 0.15) is 0 Å². The fraction of sp³-hybridized carbons (Fsp3) is 0.571. The Hall–Kier alpha value is -0.570. The van der Waals surface area contributed by atoms with Gasteiger partial charge in [0.2, 0.25) is 0 Å². The Labute approximate surface area is 109 Å². The molecule has 3 heteroatoms. The maximum atomic E-state index is 6.28. The van der Waals surface area contributed by atoms with E-state index in [2.05, 4.69) is 24.9 Å². The Morgan fingerprint density at radius 2 is 2.18 bits per heavy atom. The number of rotatable bonds is 5. The molecule has 94 valence electrons. The Bertz CT molecular complexity index is 376. The van der Waals surface area contributed by atoms with E-state index in [-0.39, 0.29) is 12.1 Å². The van der Waals surface area contributed by atoms with Crippen LogP contribution in [0.5, 0.6) is 0 Å². The van der Waals surface area contributed by atoms with Crippen LogP contribution < -0.4 is 5.73 Å². The summed E-state index contributed by atoms with van der Waals surface area (Å²) in [4.78, 5) is 2.42. The van der Waals surface area contributed by atoms with Crippen LogP contribution in [-0.4, -0.2) is 24.0 Å². The van der Waals surface area contributed by atoms with E-state index in [1.807, 2.05) is 18.2 Å². The van der Waals surface area contributed by atoms with Crippen LogP contribution in [0.2, 0.25) is 5.02 Å². The van der Waals surface area contributed by atoms with E-state index in [1.54, 1.807) is 0 Å². The lowest BCUT2D eigenvalue weighted by Gasteiger charge is -2.33. The SMILES string of the molecule is CCC(N)C(c1cccc(Cl)c1)N(C)C1CC1. The van der Waals surface area contributed by atoms with Crippen molar-refractivity contribution in [2.75, 3.05) is 7.05 Å². The second-order valence-electron chi connectivity index (χ2n) is 4.97. The predicted molar refractivity (Wildman–Crippen MR) is 73.2 cm³/mol. The van der Waals surface area contributed by atoms with Crippen molar-refractivity contribution in [3.05, 3.63) is 34.9 Å². The molecule has 1 aliphatic carbocycles. The summed E-state index contributed by atoms with van der Waals surface area (Å²) in [7, 11) is 2.18. The number of hydrogen-bond donors (Lipinski definition) is 1. The number of halogens is 1. The monoisotopic (exact) mass is 252 g/mol. The minimum Gasteiger partial charge on any atom is -0.326 e. The number of likely N-dealkylation sites (N-methyl/N-ethyl adjacent to an activating group) is 1.